The van der Waals surface area contributed by atoms with Crippen LogP contribution in [0.15, 0.2) is 30.3 Å². The van der Waals surface area contributed by atoms with Gasteiger partial charge in [-0.3, -0.25) is 5.43 Å². The summed E-state index contributed by atoms with van der Waals surface area (Å²) in [6, 6.07) is 10.3. The van der Waals surface area contributed by atoms with E-state index in [0.717, 1.165) is 25.0 Å². The summed E-state index contributed by atoms with van der Waals surface area (Å²) in [5.41, 5.74) is 5.92. The summed E-state index contributed by atoms with van der Waals surface area (Å²) >= 11 is 0. The molecule has 1 heterocycles. The van der Waals surface area contributed by atoms with Crippen molar-refractivity contribution in [2.24, 2.45) is 5.84 Å². The highest BCUT2D eigenvalue weighted by Gasteiger charge is 2.21. The molecular formula is C15H18N4O. The number of aromatic nitrogens is 2. The van der Waals surface area contributed by atoms with Crippen LogP contribution in [-0.2, 0) is 6.42 Å². The molecule has 1 aromatic heterocycles. The van der Waals surface area contributed by atoms with E-state index in [0.29, 0.717) is 11.8 Å². The Hall–Kier alpha value is -2.14. The lowest BCUT2D eigenvalue weighted by molar-refractivity contribution is 0.175. The number of ether oxygens (including phenoxy) is 1. The SMILES string of the molecule is Cc1cc(OC2CCCc3ccccc32)nc(NN)n1. The van der Waals surface area contributed by atoms with Crippen LogP contribution in [0.5, 0.6) is 5.88 Å². The van der Waals surface area contributed by atoms with E-state index in [1.165, 1.54) is 11.1 Å². The standard InChI is InChI=1S/C15H18N4O/c1-10-9-14(18-15(17-10)19-16)20-13-8-4-6-11-5-2-3-7-12(11)13/h2-3,5,7,9,13H,4,6,8,16H2,1H3,(H,17,18,19). The van der Waals surface area contributed by atoms with Gasteiger partial charge in [-0.25, -0.2) is 10.8 Å². The van der Waals surface area contributed by atoms with Crippen LogP contribution in [0.1, 0.15) is 35.8 Å². The van der Waals surface area contributed by atoms with Gasteiger partial charge in [0.15, 0.2) is 0 Å². The lowest BCUT2D eigenvalue weighted by Crippen LogP contribution is -2.17. The summed E-state index contributed by atoms with van der Waals surface area (Å²) in [6.07, 6.45) is 3.31. The Bertz CT molecular complexity index is 615. The number of nitrogen functional groups attached to an aromatic ring is 1. The number of hydrogen-bond donors (Lipinski definition) is 2. The number of benzene rings is 1. The van der Waals surface area contributed by atoms with Crippen molar-refractivity contribution in [3.05, 3.63) is 47.2 Å². The number of hydrogen-bond acceptors (Lipinski definition) is 5. The van der Waals surface area contributed by atoms with Crippen LogP contribution in [-0.4, -0.2) is 9.97 Å². The van der Waals surface area contributed by atoms with Crippen molar-refractivity contribution < 1.29 is 4.74 Å². The van der Waals surface area contributed by atoms with Crippen LogP contribution in [0.25, 0.3) is 0 Å². The monoisotopic (exact) mass is 270 g/mol. The Balaban J connectivity index is 1.87. The van der Waals surface area contributed by atoms with Gasteiger partial charge in [0.1, 0.15) is 6.10 Å². The van der Waals surface area contributed by atoms with Gasteiger partial charge in [0.2, 0.25) is 11.8 Å². The van der Waals surface area contributed by atoms with Crippen LogP contribution in [0.4, 0.5) is 5.95 Å². The number of nitrogens with one attached hydrogen (secondary N) is 1. The Morgan fingerprint density at radius 1 is 1.30 bits per heavy atom. The van der Waals surface area contributed by atoms with E-state index in [2.05, 4.69) is 39.7 Å². The maximum absolute atomic E-state index is 6.06. The van der Waals surface area contributed by atoms with Gasteiger partial charge in [0.25, 0.3) is 0 Å². The summed E-state index contributed by atoms with van der Waals surface area (Å²) in [5, 5.41) is 0. The first kappa shape index (κ1) is 12.9. The molecule has 1 aliphatic carbocycles. The van der Waals surface area contributed by atoms with Crippen molar-refractivity contribution in [3.8, 4) is 5.88 Å². The number of nitrogens with zero attached hydrogens (tertiary/aromatic N) is 2. The smallest absolute Gasteiger partial charge is 0.240 e. The molecule has 5 heteroatoms. The molecule has 20 heavy (non-hydrogen) atoms. The fourth-order valence-electron chi connectivity index (χ4n) is 2.64. The summed E-state index contributed by atoms with van der Waals surface area (Å²) in [4.78, 5) is 8.41. The van der Waals surface area contributed by atoms with Crippen molar-refractivity contribution in [1.29, 1.82) is 0 Å². The molecule has 104 valence electrons. The van der Waals surface area contributed by atoms with Gasteiger partial charge in [-0.05, 0) is 37.3 Å². The molecule has 0 fully saturated rings. The summed E-state index contributed by atoms with van der Waals surface area (Å²) in [7, 11) is 0. The highest BCUT2D eigenvalue weighted by Crippen LogP contribution is 2.33. The molecule has 1 aromatic carbocycles. The van der Waals surface area contributed by atoms with Crippen LogP contribution in [0.3, 0.4) is 0 Å². The molecule has 0 saturated carbocycles. The Morgan fingerprint density at radius 3 is 3.00 bits per heavy atom. The number of aryl methyl sites for hydroxylation is 2. The maximum Gasteiger partial charge on any atom is 0.240 e. The van der Waals surface area contributed by atoms with Crippen LogP contribution >= 0.6 is 0 Å². The second-order valence-electron chi connectivity index (χ2n) is 5.01. The minimum atomic E-state index is 0.0554. The maximum atomic E-state index is 6.06. The van der Waals surface area contributed by atoms with Crippen molar-refractivity contribution in [2.45, 2.75) is 32.3 Å². The molecule has 0 aliphatic heterocycles. The molecule has 0 bridgehead atoms. The Kier molecular flexibility index (Phi) is 3.52. The second kappa shape index (κ2) is 5.46. The van der Waals surface area contributed by atoms with Gasteiger partial charge in [-0.15, -0.1) is 0 Å². The second-order valence-corrected chi connectivity index (χ2v) is 5.01. The topological polar surface area (TPSA) is 73.1 Å². The number of hydrazine groups is 1. The lowest BCUT2D eigenvalue weighted by atomic mass is 9.89. The summed E-state index contributed by atoms with van der Waals surface area (Å²) in [6.45, 7) is 1.89. The van der Waals surface area contributed by atoms with E-state index in [9.17, 15) is 0 Å². The van der Waals surface area contributed by atoms with E-state index < -0.39 is 0 Å². The molecule has 3 rings (SSSR count). The van der Waals surface area contributed by atoms with E-state index >= 15 is 0 Å². The quantitative estimate of drug-likeness (QED) is 0.662. The van der Waals surface area contributed by atoms with Crippen molar-refractivity contribution in [2.75, 3.05) is 5.43 Å². The fourth-order valence-corrected chi connectivity index (χ4v) is 2.64. The lowest BCUT2D eigenvalue weighted by Gasteiger charge is -2.25. The number of rotatable bonds is 3. The first-order chi connectivity index (χ1) is 9.76. The van der Waals surface area contributed by atoms with Crippen molar-refractivity contribution >= 4 is 5.95 Å². The average Bonchev–Trinajstić information content (AvgIpc) is 2.47. The minimum Gasteiger partial charge on any atom is -0.469 e. The molecule has 0 radical (unpaired) electrons. The molecule has 0 amide bonds. The summed E-state index contributed by atoms with van der Waals surface area (Å²) < 4.78 is 6.06. The third-order valence-electron chi connectivity index (χ3n) is 3.54. The van der Waals surface area contributed by atoms with Gasteiger partial charge in [-0.1, -0.05) is 24.3 Å². The van der Waals surface area contributed by atoms with Crippen LogP contribution < -0.4 is 16.0 Å². The third-order valence-corrected chi connectivity index (χ3v) is 3.54. The zero-order chi connectivity index (χ0) is 13.9. The van der Waals surface area contributed by atoms with E-state index in [-0.39, 0.29) is 6.10 Å². The van der Waals surface area contributed by atoms with E-state index in [1.54, 1.807) is 0 Å². The van der Waals surface area contributed by atoms with Gasteiger partial charge in [0, 0.05) is 11.8 Å². The van der Waals surface area contributed by atoms with Crippen LogP contribution in [0, 0.1) is 6.92 Å². The molecule has 5 nitrogen and oxygen atoms in total. The van der Waals surface area contributed by atoms with E-state index in [1.807, 2.05) is 13.0 Å². The number of anilines is 1. The van der Waals surface area contributed by atoms with Gasteiger partial charge < -0.3 is 4.74 Å². The normalized spacial score (nSPS) is 17.4. The molecule has 1 unspecified atom stereocenters. The zero-order valence-electron chi connectivity index (χ0n) is 11.5. The Labute approximate surface area is 118 Å². The van der Waals surface area contributed by atoms with Crippen LogP contribution in [0.2, 0.25) is 0 Å². The molecule has 3 N–H and O–H groups in total. The van der Waals surface area contributed by atoms with Crippen molar-refractivity contribution in [3.63, 3.8) is 0 Å². The molecule has 1 aliphatic rings. The molecule has 0 saturated heterocycles. The third kappa shape index (κ3) is 2.58. The van der Waals surface area contributed by atoms with E-state index in [4.69, 9.17) is 10.6 Å². The van der Waals surface area contributed by atoms with Crippen molar-refractivity contribution in [1.82, 2.24) is 9.97 Å². The first-order valence-electron chi connectivity index (χ1n) is 6.83. The molecular weight excluding hydrogens is 252 g/mol. The Morgan fingerprint density at radius 2 is 2.15 bits per heavy atom. The summed E-state index contributed by atoms with van der Waals surface area (Å²) in [5.74, 6) is 6.31. The average molecular weight is 270 g/mol. The fraction of sp³-hybridized carbons (Fsp3) is 0.333. The first-order valence-corrected chi connectivity index (χ1v) is 6.83. The van der Waals surface area contributed by atoms with Gasteiger partial charge in [0.05, 0.1) is 0 Å². The molecule has 1 atom stereocenters. The minimum absolute atomic E-state index is 0.0554. The van der Waals surface area contributed by atoms with Gasteiger partial charge >= 0.3 is 0 Å². The predicted octanol–water partition coefficient (Wildman–Crippen LogP) is 2.53. The molecule has 2 aromatic rings. The highest BCUT2D eigenvalue weighted by molar-refractivity contribution is 5.33. The largest absolute Gasteiger partial charge is 0.469 e. The van der Waals surface area contributed by atoms with Gasteiger partial charge in [-0.2, -0.15) is 4.98 Å². The number of nitrogens with two attached hydrogens (primary N) is 1. The predicted molar refractivity (Wildman–Crippen MR) is 77.3 cm³/mol. The highest BCUT2D eigenvalue weighted by atomic mass is 16.5. The molecule has 0 spiro atoms. The zero-order valence-corrected chi connectivity index (χ0v) is 11.5. The number of fused-ring (bicyclic) bond motifs is 1.